The third kappa shape index (κ3) is 3.44. The summed E-state index contributed by atoms with van der Waals surface area (Å²) >= 11 is 6.13. The molecule has 1 aromatic carbocycles. The smallest absolute Gasteiger partial charge is 0.189 e. The molecule has 110 valence electrons. The van der Waals surface area contributed by atoms with Gasteiger partial charge < -0.3 is 15.7 Å². The SMILES string of the molecule is Cc1cc(OCc2cccnc2C(N)=NO)cc(C)c1Cl. The number of nitrogens with zero attached hydrogens (tertiary/aromatic N) is 2. The average molecular weight is 306 g/mol. The summed E-state index contributed by atoms with van der Waals surface area (Å²) in [6.07, 6.45) is 1.58. The molecule has 0 aliphatic rings. The lowest BCUT2D eigenvalue weighted by molar-refractivity contribution is 0.304. The summed E-state index contributed by atoms with van der Waals surface area (Å²) in [5, 5.41) is 12.5. The number of ether oxygens (including phenoxy) is 1. The largest absolute Gasteiger partial charge is 0.489 e. The fourth-order valence-corrected chi connectivity index (χ4v) is 2.09. The molecule has 2 rings (SSSR count). The van der Waals surface area contributed by atoms with E-state index in [1.54, 1.807) is 12.3 Å². The van der Waals surface area contributed by atoms with Crippen LogP contribution in [0.15, 0.2) is 35.6 Å². The van der Waals surface area contributed by atoms with Crippen molar-refractivity contribution in [2.75, 3.05) is 0 Å². The molecule has 0 radical (unpaired) electrons. The molecule has 0 aliphatic heterocycles. The van der Waals surface area contributed by atoms with E-state index in [1.807, 2.05) is 32.0 Å². The summed E-state index contributed by atoms with van der Waals surface area (Å²) in [5.41, 5.74) is 8.64. The number of aryl methyl sites for hydroxylation is 2. The van der Waals surface area contributed by atoms with Crippen LogP contribution in [0.3, 0.4) is 0 Å². The van der Waals surface area contributed by atoms with Gasteiger partial charge in [0, 0.05) is 16.8 Å². The van der Waals surface area contributed by atoms with Crippen LogP contribution >= 0.6 is 11.6 Å². The summed E-state index contributed by atoms with van der Waals surface area (Å²) in [6.45, 7) is 4.11. The third-order valence-corrected chi connectivity index (χ3v) is 3.64. The van der Waals surface area contributed by atoms with Gasteiger partial charge in [0.15, 0.2) is 5.84 Å². The molecule has 0 unspecified atom stereocenters. The molecule has 2 aromatic rings. The first-order chi connectivity index (χ1) is 10.0. The topological polar surface area (TPSA) is 80.7 Å². The summed E-state index contributed by atoms with van der Waals surface area (Å²) in [4.78, 5) is 4.09. The summed E-state index contributed by atoms with van der Waals surface area (Å²) in [5.74, 6) is 0.668. The Morgan fingerprint density at radius 2 is 2.05 bits per heavy atom. The van der Waals surface area contributed by atoms with Gasteiger partial charge in [0.25, 0.3) is 0 Å². The molecule has 0 atom stereocenters. The van der Waals surface area contributed by atoms with Gasteiger partial charge >= 0.3 is 0 Å². The van der Waals surface area contributed by atoms with Gasteiger partial charge in [0.1, 0.15) is 18.1 Å². The van der Waals surface area contributed by atoms with Gasteiger partial charge in [-0.25, -0.2) is 0 Å². The minimum atomic E-state index is -0.0438. The number of benzene rings is 1. The van der Waals surface area contributed by atoms with Crippen molar-refractivity contribution in [3.8, 4) is 5.75 Å². The van der Waals surface area contributed by atoms with Crippen LogP contribution in [0.2, 0.25) is 5.02 Å². The van der Waals surface area contributed by atoms with E-state index in [9.17, 15) is 0 Å². The van der Waals surface area contributed by atoms with Crippen LogP contribution in [0.5, 0.6) is 5.75 Å². The van der Waals surface area contributed by atoms with Gasteiger partial charge in [-0.1, -0.05) is 22.8 Å². The molecule has 0 fully saturated rings. The van der Waals surface area contributed by atoms with Gasteiger partial charge in [-0.15, -0.1) is 0 Å². The minimum Gasteiger partial charge on any atom is -0.489 e. The number of nitrogens with two attached hydrogens (primary N) is 1. The Hall–Kier alpha value is -2.27. The number of rotatable bonds is 4. The predicted molar refractivity (Wildman–Crippen MR) is 82.0 cm³/mol. The molecular weight excluding hydrogens is 290 g/mol. The molecule has 6 heteroatoms. The number of hydrogen-bond acceptors (Lipinski definition) is 4. The maximum Gasteiger partial charge on any atom is 0.189 e. The number of aromatic nitrogens is 1. The Kier molecular flexibility index (Phi) is 4.65. The van der Waals surface area contributed by atoms with Gasteiger partial charge in [0.2, 0.25) is 0 Å². The highest BCUT2D eigenvalue weighted by molar-refractivity contribution is 6.32. The molecule has 3 N–H and O–H groups in total. The van der Waals surface area contributed by atoms with Crippen LogP contribution in [0.1, 0.15) is 22.4 Å². The fraction of sp³-hybridized carbons (Fsp3) is 0.200. The van der Waals surface area contributed by atoms with Crippen LogP contribution in [0.4, 0.5) is 0 Å². The van der Waals surface area contributed by atoms with Crippen molar-refractivity contribution in [3.63, 3.8) is 0 Å². The highest BCUT2D eigenvalue weighted by atomic mass is 35.5. The van der Waals surface area contributed by atoms with Crippen LogP contribution in [-0.4, -0.2) is 16.0 Å². The van der Waals surface area contributed by atoms with Crippen LogP contribution in [-0.2, 0) is 6.61 Å². The van der Waals surface area contributed by atoms with Crippen LogP contribution in [0, 0.1) is 13.8 Å². The predicted octanol–water partition coefficient (Wildman–Crippen LogP) is 3.03. The summed E-state index contributed by atoms with van der Waals surface area (Å²) < 4.78 is 5.75. The van der Waals surface area contributed by atoms with E-state index in [4.69, 9.17) is 27.3 Å². The van der Waals surface area contributed by atoms with Crippen molar-refractivity contribution in [2.24, 2.45) is 10.9 Å². The average Bonchev–Trinajstić information content (AvgIpc) is 2.50. The standard InChI is InChI=1S/C15H16ClN3O2/c1-9-6-12(7-10(2)13(9)16)21-8-11-4-3-5-18-14(11)15(17)19-20/h3-7,20H,8H2,1-2H3,(H2,17,19). The van der Waals surface area contributed by atoms with Gasteiger partial charge in [-0.05, 0) is 43.2 Å². The number of halogens is 1. The minimum absolute atomic E-state index is 0.0438. The highest BCUT2D eigenvalue weighted by Gasteiger charge is 2.10. The van der Waals surface area contributed by atoms with Gasteiger partial charge in [-0.2, -0.15) is 0 Å². The lowest BCUT2D eigenvalue weighted by atomic mass is 10.1. The normalized spacial score (nSPS) is 11.5. The molecule has 1 heterocycles. The highest BCUT2D eigenvalue weighted by Crippen LogP contribution is 2.26. The maximum absolute atomic E-state index is 8.77. The van der Waals surface area contributed by atoms with Gasteiger partial charge in [0.05, 0.1) is 0 Å². The number of pyridine rings is 1. The first-order valence-electron chi connectivity index (χ1n) is 6.34. The Morgan fingerprint density at radius 3 is 2.67 bits per heavy atom. The van der Waals surface area contributed by atoms with Crippen molar-refractivity contribution >= 4 is 17.4 Å². The molecular formula is C15H16ClN3O2. The first kappa shape index (κ1) is 15.1. The molecule has 0 aliphatic carbocycles. The van der Waals surface area contributed by atoms with E-state index < -0.39 is 0 Å². The zero-order chi connectivity index (χ0) is 15.4. The summed E-state index contributed by atoms with van der Waals surface area (Å²) in [6, 6.07) is 7.32. The summed E-state index contributed by atoms with van der Waals surface area (Å²) in [7, 11) is 0. The molecule has 0 bridgehead atoms. The Balaban J connectivity index is 2.21. The van der Waals surface area contributed by atoms with E-state index in [0.717, 1.165) is 21.7 Å². The lowest BCUT2D eigenvalue weighted by Gasteiger charge is -2.11. The quantitative estimate of drug-likeness (QED) is 0.394. The number of hydrogen-bond donors (Lipinski definition) is 2. The molecule has 1 aromatic heterocycles. The molecule has 21 heavy (non-hydrogen) atoms. The molecule has 5 nitrogen and oxygen atoms in total. The fourth-order valence-electron chi connectivity index (χ4n) is 1.98. The second-order valence-corrected chi connectivity index (χ2v) is 5.03. The lowest BCUT2D eigenvalue weighted by Crippen LogP contribution is -2.18. The second kappa shape index (κ2) is 6.45. The Bertz CT molecular complexity index is 663. The van der Waals surface area contributed by atoms with E-state index in [0.29, 0.717) is 11.4 Å². The molecule has 0 saturated carbocycles. The van der Waals surface area contributed by atoms with E-state index in [-0.39, 0.29) is 12.4 Å². The Labute approximate surface area is 128 Å². The van der Waals surface area contributed by atoms with E-state index in [2.05, 4.69) is 10.1 Å². The van der Waals surface area contributed by atoms with Crippen LogP contribution in [0.25, 0.3) is 0 Å². The van der Waals surface area contributed by atoms with Crippen molar-refractivity contribution in [2.45, 2.75) is 20.5 Å². The molecule has 0 amide bonds. The number of amidine groups is 1. The third-order valence-electron chi connectivity index (χ3n) is 3.05. The van der Waals surface area contributed by atoms with E-state index >= 15 is 0 Å². The monoisotopic (exact) mass is 305 g/mol. The van der Waals surface area contributed by atoms with Crippen molar-refractivity contribution < 1.29 is 9.94 Å². The number of oxime groups is 1. The Morgan fingerprint density at radius 1 is 1.38 bits per heavy atom. The van der Waals surface area contributed by atoms with Gasteiger partial charge in [-0.3, -0.25) is 4.98 Å². The van der Waals surface area contributed by atoms with Crippen LogP contribution < -0.4 is 10.5 Å². The maximum atomic E-state index is 8.77. The first-order valence-corrected chi connectivity index (χ1v) is 6.72. The zero-order valence-electron chi connectivity index (χ0n) is 11.8. The van der Waals surface area contributed by atoms with Crippen molar-refractivity contribution in [3.05, 3.63) is 57.9 Å². The van der Waals surface area contributed by atoms with Crippen molar-refractivity contribution in [1.82, 2.24) is 4.98 Å². The molecule has 0 saturated heterocycles. The van der Waals surface area contributed by atoms with Crippen molar-refractivity contribution in [1.29, 1.82) is 0 Å². The zero-order valence-corrected chi connectivity index (χ0v) is 12.6. The second-order valence-electron chi connectivity index (χ2n) is 4.66. The molecule has 0 spiro atoms. The van der Waals surface area contributed by atoms with E-state index in [1.165, 1.54) is 0 Å².